The number of aromatic nitrogens is 2. The Bertz CT molecular complexity index is 739. The van der Waals surface area contributed by atoms with Gasteiger partial charge in [-0.3, -0.25) is 0 Å². The molecule has 0 atom stereocenters. The zero-order valence-corrected chi connectivity index (χ0v) is 14.5. The van der Waals surface area contributed by atoms with Crippen LogP contribution in [0.25, 0.3) is 0 Å². The Kier molecular flexibility index (Phi) is 5.87. The first kappa shape index (κ1) is 17.3. The van der Waals surface area contributed by atoms with Gasteiger partial charge in [0, 0.05) is 11.8 Å². The molecule has 0 bridgehead atoms. The molecule has 4 N–H and O–H groups in total. The summed E-state index contributed by atoms with van der Waals surface area (Å²) in [5.41, 5.74) is 13.6. The lowest BCUT2D eigenvalue weighted by Gasteiger charge is -2.19. The van der Waals surface area contributed by atoms with E-state index in [1.54, 1.807) is 6.07 Å². The van der Waals surface area contributed by atoms with Gasteiger partial charge in [0.1, 0.15) is 17.7 Å². The standard InChI is InChI=1S/C19H20N4OS/c20-16-13-17(21)23-19(22-16)25-12-11-24-18(14-7-3-1-4-8-14)15-9-5-2-6-10-15/h1-10,13,18H,11-12H2,(H4,20,21,22,23). The second-order valence-corrected chi connectivity index (χ2v) is 6.48. The molecule has 25 heavy (non-hydrogen) atoms. The molecule has 0 aliphatic heterocycles. The molecule has 0 unspecified atom stereocenters. The van der Waals surface area contributed by atoms with Crippen LogP contribution < -0.4 is 11.5 Å². The van der Waals surface area contributed by atoms with Crippen molar-refractivity contribution in [2.24, 2.45) is 0 Å². The number of hydrogen-bond acceptors (Lipinski definition) is 6. The molecule has 2 aromatic carbocycles. The second-order valence-electron chi connectivity index (χ2n) is 5.42. The van der Waals surface area contributed by atoms with Crippen LogP contribution in [0.2, 0.25) is 0 Å². The third-order valence-electron chi connectivity index (χ3n) is 3.55. The minimum atomic E-state index is -0.102. The average Bonchev–Trinajstić information content (AvgIpc) is 2.62. The number of nitrogens with two attached hydrogens (primary N) is 2. The lowest BCUT2D eigenvalue weighted by molar-refractivity contribution is 0.0935. The van der Waals surface area contributed by atoms with Gasteiger partial charge >= 0.3 is 0 Å². The van der Waals surface area contributed by atoms with Crippen molar-refractivity contribution in [3.8, 4) is 0 Å². The van der Waals surface area contributed by atoms with Crippen LogP contribution in [0.4, 0.5) is 11.6 Å². The molecule has 0 spiro atoms. The maximum absolute atomic E-state index is 6.16. The van der Waals surface area contributed by atoms with Gasteiger partial charge in [0.2, 0.25) is 0 Å². The van der Waals surface area contributed by atoms with Crippen LogP contribution in [0.5, 0.6) is 0 Å². The van der Waals surface area contributed by atoms with E-state index in [2.05, 4.69) is 34.2 Å². The van der Waals surface area contributed by atoms with E-state index in [9.17, 15) is 0 Å². The molecular formula is C19H20N4OS. The highest BCUT2D eigenvalue weighted by molar-refractivity contribution is 7.99. The molecule has 0 amide bonds. The fourth-order valence-corrected chi connectivity index (χ4v) is 3.17. The van der Waals surface area contributed by atoms with Crippen molar-refractivity contribution in [3.05, 3.63) is 77.9 Å². The monoisotopic (exact) mass is 352 g/mol. The van der Waals surface area contributed by atoms with Crippen LogP contribution in [-0.2, 0) is 4.74 Å². The third kappa shape index (κ3) is 4.95. The molecule has 128 valence electrons. The summed E-state index contributed by atoms with van der Waals surface area (Å²) in [5.74, 6) is 1.46. The molecule has 3 rings (SSSR count). The van der Waals surface area contributed by atoms with E-state index in [1.807, 2.05) is 36.4 Å². The number of benzene rings is 2. The summed E-state index contributed by atoms with van der Waals surface area (Å²) in [5, 5.41) is 0.567. The van der Waals surface area contributed by atoms with Gasteiger partial charge in [0.25, 0.3) is 0 Å². The van der Waals surface area contributed by atoms with E-state index < -0.39 is 0 Å². The number of nitrogen functional groups attached to an aromatic ring is 2. The van der Waals surface area contributed by atoms with Crippen molar-refractivity contribution in [1.29, 1.82) is 0 Å². The Hall–Kier alpha value is -2.57. The van der Waals surface area contributed by atoms with Gasteiger partial charge in [-0.15, -0.1) is 0 Å². The molecule has 0 saturated carbocycles. The topological polar surface area (TPSA) is 87.1 Å². The van der Waals surface area contributed by atoms with Crippen LogP contribution in [0.1, 0.15) is 17.2 Å². The summed E-state index contributed by atoms with van der Waals surface area (Å²) in [6.45, 7) is 0.553. The van der Waals surface area contributed by atoms with Crippen LogP contribution in [0.3, 0.4) is 0 Å². The highest BCUT2D eigenvalue weighted by Crippen LogP contribution is 2.26. The van der Waals surface area contributed by atoms with E-state index in [0.29, 0.717) is 29.2 Å². The summed E-state index contributed by atoms with van der Waals surface area (Å²) in [7, 11) is 0. The quantitative estimate of drug-likeness (QED) is 0.384. The van der Waals surface area contributed by atoms with Gasteiger partial charge in [0.15, 0.2) is 5.16 Å². The summed E-state index contributed by atoms with van der Waals surface area (Å²) < 4.78 is 6.16. The zero-order valence-electron chi connectivity index (χ0n) is 13.7. The van der Waals surface area contributed by atoms with Crippen molar-refractivity contribution < 1.29 is 4.74 Å². The number of anilines is 2. The van der Waals surface area contributed by atoms with E-state index in [-0.39, 0.29) is 6.10 Å². The number of hydrogen-bond donors (Lipinski definition) is 2. The van der Waals surface area contributed by atoms with Crippen molar-refractivity contribution in [2.45, 2.75) is 11.3 Å². The molecule has 0 aliphatic rings. The average molecular weight is 352 g/mol. The highest BCUT2D eigenvalue weighted by Gasteiger charge is 2.14. The molecule has 3 aromatic rings. The summed E-state index contributed by atoms with van der Waals surface area (Å²) in [6, 6.07) is 21.9. The van der Waals surface area contributed by atoms with Gasteiger partial charge in [-0.2, -0.15) is 0 Å². The van der Waals surface area contributed by atoms with E-state index in [0.717, 1.165) is 11.1 Å². The number of rotatable bonds is 7. The number of nitrogens with zero attached hydrogens (tertiary/aromatic N) is 2. The van der Waals surface area contributed by atoms with Crippen LogP contribution in [0, 0.1) is 0 Å². The smallest absolute Gasteiger partial charge is 0.191 e. The van der Waals surface area contributed by atoms with Crippen molar-refractivity contribution >= 4 is 23.4 Å². The van der Waals surface area contributed by atoms with Crippen molar-refractivity contribution in [1.82, 2.24) is 9.97 Å². The maximum Gasteiger partial charge on any atom is 0.191 e. The normalized spacial score (nSPS) is 10.9. The zero-order chi connectivity index (χ0) is 17.5. The Morgan fingerprint density at radius 1 is 0.840 bits per heavy atom. The number of thioether (sulfide) groups is 1. The Morgan fingerprint density at radius 2 is 1.36 bits per heavy atom. The molecule has 0 fully saturated rings. The number of ether oxygens (including phenoxy) is 1. The molecular weight excluding hydrogens is 332 g/mol. The minimum Gasteiger partial charge on any atom is -0.383 e. The molecule has 1 heterocycles. The molecule has 0 saturated heterocycles. The van der Waals surface area contributed by atoms with Crippen molar-refractivity contribution in [2.75, 3.05) is 23.8 Å². The predicted molar refractivity (Wildman–Crippen MR) is 102 cm³/mol. The fourth-order valence-electron chi connectivity index (χ4n) is 2.47. The minimum absolute atomic E-state index is 0.102. The highest BCUT2D eigenvalue weighted by atomic mass is 32.2. The molecule has 0 radical (unpaired) electrons. The van der Waals surface area contributed by atoms with Gasteiger partial charge < -0.3 is 16.2 Å². The Morgan fingerprint density at radius 3 is 1.88 bits per heavy atom. The SMILES string of the molecule is Nc1cc(N)nc(SCCOC(c2ccccc2)c2ccccc2)n1. The largest absolute Gasteiger partial charge is 0.383 e. The maximum atomic E-state index is 6.16. The summed E-state index contributed by atoms with van der Waals surface area (Å²) >= 11 is 1.47. The van der Waals surface area contributed by atoms with Crippen molar-refractivity contribution in [3.63, 3.8) is 0 Å². The van der Waals surface area contributed by atoms with E-state index in [4.69, 9.17) is 16.2 Å². The Labute approximate surface area is 151 Å². The summed E-state index contributed by atoms with van der Waals surface area (Å²) in [4.78, 5) is 8.32. The van der Waals surface area contributed by atoms with E-state index >= 15 is 0 Å². The first-order valence-electron chi connectivity index (χ1n) is 7.97. The first-order chi connectivity index (χ1) is 12.2. The van der Waals surface area contributed by atoms with Crippen LogP contribution in [0.15, 0.2) is 71.9 Å². The summed E-state index contributed by atoms with van der Waals surface area (Å²) in [6.07, 6.45) is -0.102. The molecule has 5 nitrogen and oxygen atoms in total. The Balaban J connectivity index is 1.63. The van der Waals surface area contributed by atoms with Gasteiger partial charge in [-0.25, -0.2) is 9.97 Å². The predicted octanol–water partition coefficient (Wildman–Crippen LogP) is 3.54. The molecule has 0 aliphatic carbocycles. The van der Waals surface area contributed by atoms with Crippen LogP contribution >= 0.6 is 11.8 Å². The lowest BCUT2D eigenvalue weighted by Crippen LogP contribution is -2.09. The molecule has 1 aromatic heterocycles. The lowest BCUT2D eigenvalue weighted by atomic mass is 10.0. The molecule has 6 heteroatoms. The first-order valence-corrected chi connectivity index (χ1v) is 8.95. The van der Waals surface area contributed by atoms with Crippen LogP contribution in [-0.4, -0.2) is 22.3 Å². The van der Waals surface area contributed by atoms with Gasteiger partial charge in [0.05, 0.1) is 6.61 Å². The van der Waals surface area contributed by atoms with Gasteiger partial charge in [-0.05, 0) is 11.1 Å². The van der Waals surface area contributed by atoms with E-state index in [1.165, 1.54) is 11.8 Å². The fraction of sp³-hybridized carbons (Fsp3) is 0.158. The second kappa shape index (κ2) is 8.50. The van der Waals surface area contributed by atoms with Gasteiger partial charge in [-0.1, -0.05) is 72.4 Å². The third-order valence-corrected chi connectivity index (χ3v) is 4.36.